The van der Waals surface area contributed by atoms with Crippen molar-refractivity contribution in [1.29, 1.82) is 0 Å². The Morgan fingerprint density at radius 1 is 1.47 bits per heavy atom. The molecule has 0 unspecified atom stereocenters. The summed E-state index contributed by atoms with van der Waals surface area (Å²) in [4.78, 5) is 11.8. The van der Waals surface area contributed by atoms with Crippen LogP contribution in [-0.4, -0.2) is 26.1 Å². The molecule has 2 rings (SSSR count). The van der Waals surface area contributed by atoms with Crippen molar-refractivity contribution < 1.29 is 14.3 Å². The molecule has 0 saturated heterocycles. The Hall–Kier alpha value is -1.06. The van der Waals surface area contributed by atoms with Gasteiger partial charge in [0.2, 0.25) is 0 Å². The van der Waals surface area contributed by atoms with E-state index in [1.54, 1.807) is 25.3 Å². The second-order valence-corrected chi connectivity index (χ2v) is 4.64. The summed E-state index contributed by atoms with van der Waals surface area (Å²) in [6.45, 7) is 0.814. The lowest BCUT2D eigenvalue weighted by Gasteiger charge is -2.06. The average Bonchev–Trinajstić information content (AvgIpc) is 3.13. The van der Waals surface area contributed by atoms with Gasteiger partial charge in [-0.2, -0.15) is 0 Å². The highest BCUT2D eigenvalue weighted by atomic mass is 35.5. The molecule has 0 bridgehead atoms. The minimum atomic E-state index is -0.0461. The number of rotatable bonds is 6. The summed E-state index contributed by atoms with van der Waals surface area (Å²) in [6, 6.07) is 5.01. The van der Waals surface area contributed by atoms with Crippen LogP contribution in [0.4, 0.5) is 0 Å². The van der Waals surface area contributed by atoms with Crippen LogP contribution in [0.5, 0.6) is 5.75 Å². The molecule has 0 radical (unpaired) electrons. The van der Waals surface area contributed by atoms with E-state index in [2.05, 4.69) is 0 Å². The first kappa shape index (κ1) is 12.4. The summed E-state index contributed by atoms with van der Waals surface area (Å²) in [7, 11) is 1.54. The maximum atomic E-state index is 11.8. The Bertz CT molecular complexity index is 413. The van der Waals surface area contributed by atoms with Crippen LogP contribution in [0.15, 0.2) is 18.2 Å². The number of halogens is 1. The summed E-state index contributed by atoms with van der Waals surface area (Å²) < 4.78 is 10.4. The number of benzene rings is 1. The second kappa shape index (κ2) is 5.52. The van der Waals surface area contributed by atoms with Crippen molar-refractivity contribution in [3.63, 3.8) is 0 Å². The van der Waals surface area contributed by atoms with E-state index in [1.165, 1.54) is 12.8 Å². The van der Waals surface area contributed by atoms with Crippen LogP contribution in [0, 0.1) is 5.92 Å². The highest BCUT2D eigenvalue weighted by Gasteiger charge is 2.21. The number of ether oxygens (including phenoxy) is 2. The van der Waals surface area contributed by atoms with Crippen molar-refractivity contribution >= 4 is 17.4 Å². The predicted octanol–water partition coefficient (Wildman–Crippen LogP) is 2.96. The maximum Gasteiger partial charge on any atom is 0.188 e. The molecule has 1 fully saturated rings. The van der Waals surface area contributed by atoms with Crippen LogP contribution in [0.25, 0.3) is 0 Å². The summed E-state index contributed by atoms with van der Waals surface area (Å²) in [6.07, 6.45) is 2.45. The first-order chi connectivity index (χ1) is 8.20. The van der Waals surface area contributed by atoms with Gasteiger partial charge in [0.25, 0.3) is 0 Å². The van der Waals surface area contributed by atoms with Gasteiger partial charge in [-0.15, -0.1) is 0 Å². The largest absolute Gasteiger partial charge is 0.495 e. The Labute approximate surface area is 106 Å². The lowest BCUT2D eigenvalue weighted by atomic mass is 10.1. The van der Waals surface area contributed by atoms with Gasteiger partial charge in [0.15, 0.2) is 5.78 Å². The Morgan fingerprint density at radius 3 is 2.82 bits per heavy atom. The second-order valence-electron chi connectivity index (χ2n) is 4.23. The van der Waals surface area contributed by atoms with Crippen LogP contribution in [0.2, 0.25) is 5.02 Å². The third kappa shape index (κ3) is 3.45. The average molecular weight is 255 g/mol. The van der Waals surface area contributed by atoms with E-state index in [4.69, 9.17) is 21.1 Å². The number of carbonyl (C=O) groups excluding carboxylic acids is 1. The van der Waals surface area contributed by atoms with Gasteiger partial charge in [-0.1, -0.05) is 11.6 Å². The van der Waals surface area contributed by atoms with Gasteiger partial charge >= 0.3 is 0 Å². The summed E-state index contributed by atoms with van der Waals surface area (Å²) in [5, 5.41) is 0.445. The molecule has 1 aromatic rings. The van der Waals surface area contributed by atoms with Gasteiger partial charge in [-0.05, 0) is 37.0 Å². The van der Waals surface area contributed by atoms with Crippen LogP contribution in [0.3, 0.4) is 0 Å². The monoisotopic (exact) mass is 254 g/mol. The molecule has 3 nitrogen and oxygen atoms in total. The molecule has 0 spiro atoms. The summed E-state index contributed by atoms with van der Waals surface area (Å²) in [5.41, 5.74) is 0.562. The van der Waals surface area contributed by atoms with Crippen molar-refractivity contribution in [2.75, 3.05) is 20.3 Å². The Balaban J connectivity index is 1.90. The van der Waals surface area contributed by atoms with E-state index >= 15 is 0 Å². The summed E-state index contributed by atoms with van der Waals surface area (Å²) in [5.74, 6) is 1.19. The molecule has 1 aliphatic carbocycles. The Morgan fingerprint density at radius 2 is 2.24 bits per heavy atom. The molecule has 4 heteroatoms. The van der Waals surface area contributed by atoms with Crippen molar-refractivity contribution in [1.82, 2.24) is 0 Å². The van der Waals surface area contributed by atoms with E-state index in [0.29, 0.717) is 28.9 Å². The van der Waals surface area contributed by atoms with Gasteiger partial charge < -0.3 is 9.47 Å². The van der Waals surface area contributed by atoms with Gasteiger partial charge in [-0.25, -0.2) is 0 Å². The van der Waals surface area contributed by atoms with Crippen LogP contribution < -0.4 is 4.74 Å². The van der Waals surface area contributed by atoms with E-state index in [9.17, 15) is 4.79 Å². The molecular weight excluding hydrogens is 240 g/mol. The number of carbonyl (C=O) groups is 1. The number of Topliss-reactive ketones (excluding diaryl/α,β-unsaturated/α-hetero) is 1. The SMILES string of the molecule is COc1ccc(C(=O)COCC2CC2)cc1Cl. The molecule has 1 aliphatic rings. The minimum absolute atomic E-state index is 0.0461. The van der Waals surface area contributed by atoms with Gasteiger partial charge in [0, 0.05) is 5.56 Å². The van der Waals surface area contributed by atoms with Crippen LogP contribution in [0.1, 0.15) is 23.2 Å². The number of methoxy groups -OCH3 is 1. The lowest BCUT2D eigenvalue weighted by Crippen LogP contribution is -2.10. The molecule has 1 aromatic carbocycles. The van der Waals surface area contributed by atoms with Crippen molar-refractivity contribution in [2.24, 2.45) is 5.92 Å². The molecule has 0 N–H and O–H groups in total. The van der Waals surface area contributed by atoms with Crippen molar-refractivity contribution in [3.8, 4) is 5.75 Å². The highest BCUT2D eigenvalue weighted by Crippen LogP contribution is 2.29. The maximum absolute atomic E-state index is 11.8. The number of ketones is 1. The predicted molar refractivity (Wildman–Crippen MR) is 65.9 cm³/mol. The normalized spacial score (nSPS) is 14.7. The molecule has 0 aliphatic heterocycles. The fraction of sp³-hybridized carbons (Fsp3) is 0.462. The van der Waals surface area contributed by atoms with E-state index in [1.807, 2.05) is 0 Å². The lowest BCUT2D eigenvalue weighted by molar-refractivity contribution is 0.0740. The molecule has 0 amide bonds. The van der Waals surface area contributed by atoms with Crippen LogP contribution in [-0.2, 0) is 4.74 Å². The van der Waals surface area contributed by atoms with Gasteiger partial charge in [0.05, 0.1) is 18.7 Å². The van der Waals surface area contributed by atoms with E-state index in [0.717, 1.165) is 0 Å². The first-order valence-electron chi connectivity index (χ1n) is 5.65. The molecule has 17 heavy (non-hydrogen) atoms. The third-order valence-corrected chi connectivity index (χ3v) is 3.05. The standard InChI is InChI=1S/C13H15ClO3/c1-16-13-5-4-10(6-11(13)14)12(15)8-17-7-9-2-3-9/h4-6,9H,2-3,7-8H2,1H3. The number of hydrogen-bond acceptors (Lipinski definition) is 3. The molecule has 1 saturated carbocycles. The van der Waals surface area contributed by atoms with E-state index < -0.39 is 0 Å². The molecular formula is C13H15ClO3. The minimum Gasteiger partial charge on any atom is -0.495 e. The molecule has 0 aromatic heterocycles. The first-order valence-corrected chi connectivity index (χ1v) is 6.03. The fourth-order valence-corrected chi connectivity index (χ4v) is 1.78. The van der Waals surface area contributed by atoms with Crippen LogP contribution >= 0.6 is 11.6 Å². The molecule has 92 valence electrons. The zero-order valence-electron chi connectivity index (χ0n) is 9.74. The van der Waals surface area contributed by atoms with Gasteiger partial charge in [0.1, 0.15) is 12.4 Å². The molecule has 0 heterocycles. The van der Waals surface area contributed by atoms with Crippen molar-refractivity contribution in [2.45, 2.75) is 12.8 Å². The zero-order chi connectivity index (χ0) is 12.3. The zero-order valence-corrected chi connectivity index (χ0v) is 10.5. The van der Waals surface area contributed by atoms with E-state index in [-0.39, 0.29) is 12.4 Å². The quantitative estimate of drug-likeness (QED) is 0.732. The summed E-state index contributed by atoms with van der Waals surface area (Å²) >= 11 is 5.95. The fourth-order valence-electron chi connectivity index (χ4n) is 1.53. The highest BCUT2D eigenvalue weighted by molar-refractivity contribution is 6.32. The van der Waals surface area contributed by atoms with Gasteiger partial charge in [-0.3, -0.25) is 4.79 Å². The van der Waals surface area contributed by atoms with Crippen molar-refractivity contribution in [3.05, 3.63) is 28.8 Å². The smallest absolute Gasteiger partial charge is 0.188 e. The number of hydrogen-bond donors (Lipinski definition) is 0. The Kier molecular flexibility index (Phi) is 4.02. The molecule has 0 atom stereocenters. The topological polar surface area (TPSA) is 35.5 Å². The third-order valence-electron chi connectivity index (χ3n) is 2.76.